The van der Waals surface area contributed by atoms with Gasteiger partial charge in [-0.15, -0.1) is 0 Å². The molecule has 0 spiro atoms. The SMILES string of the molecule is CCCCOCCOCCOC(=O)CCC(C)C(=O)OCCOCCOCCCC. The van der Waals surface area contributed by atoms with Crippen LogP contribution in [-0.2, 0) is 38.0 Å². The molecule has 8 nitrogen and oxygen atoms in total. The molecule has 0 amide bonds. The summed E-state index contributed by atoms with van der Waals surface area (Å²) in [6.07, 6.45) is 4.86. The first-order valence-corrected chi connectivity index (χ1v) is 11.2. The van der Waals surface area contributed by atoms with Gasteiger partial charge in [0.2, 0.25) is 0 Å². The Bertz CT molecular complexity index is 403. The average molecular weight is 435 g/mol. The maximum atomic E-state index is 11.9. The monoisotopic (exact) mass is 434 g/mol. The van der Waals surface area contributed by atoms with Crippen molar-refractivity contribution in [3.63, 3.8) is 0 Å². The quantitative estimate of drug-likeness (QED) is 0.190. The van der Waals surface area contributed by atoms with Crippen LogP contribution in [0.5, 0.6) is 0 Å². The molecule has 1 unspecified atom stereocenters. The van der Waals surface area contributed by atoms with Crippen molar-refractivity contribution in [3.8, 4) is 0 Å². The first-order valence-electron chi connectivity index (χ1n) is 11.2. The summed E-state index contributed by atoms with van der Waals surface area (Å²) >= 11 is 0. The Morgan fingerprint density at radius 3 is 1.57 bits per heavy atom. The summed E-state index contributed by atoms with van der Waals surface area (Å²) in [5, 5.41) is 0. The summed E-state index contributed by atoms with van der Waals surface area (Å²) < 4.78 is 31.6. The third-order valence-electron chi connectivity index (χ3n) is 4.18. The van der Waals surface area contributed by atoms with Crippen LogP contribution in [0.4, 0.5) is 0 Å². The van der Waals surface area contributed by atoms with Crippen molar-refractivity contribution in [2.24, 2.45) is 5.92 Å². The first kappa shape index (κ1) is 28.8. The van der Waals surface area contributed by atoms with Crippen molar-refractivity contribution < 1.29 is 38.0 Å². The number of esters is 2. The number of rotatable bonds is 22. The van der Waals surface area contributed by atoms with E-state index in [9.17, 15) is 9.59 Å². The van der Waals surface area contributed by atoms with E-state index in [2.05, 4.69) is 13.8 Å². The molecule has 8 heteroatoms. The highest BCUT2D eigenvalue weighted by Crippen LogP contribution is 2.08. The zero-order valence-corrected chi connectivity index (χ0v) is 19.2. The van der Waals surface area contributed by atoms with Crippen LogP contribution in [0.25, 0.3) is 0 Å². The van der Waals surface area contributed by atoms with Crippen LogP contribution in [0.1, 0.15) is 59.3 Å². The molecule has 0 aliphatic heterocycles. The van der Waals surface area contributed by atoms with Gasteiger partial charge in [0.1, 0.15) is 13.2 Å². The number of hydrogen-bond acceptors (Lipinski definition) is 8. The summed E-state index contributed by atoms with van der Waals surface area (Å²) in [7, 11) is 0. The molecule has 0 rings (SSSR count). The van der Waals surface area contributed by atoms with Crippen LogP contribution in [0.15, 0.2) is 0 Å². The molecule has 0 bridgehead atoms. The number of hydrogen-bond donors (Lipinski definition) is 0. The molecule has 1 atom stereocenters. The number of ether oxygens (including phenoxy) is 6. The van der Waals surface area contributed by atoms with Crippen LogP contribution >= 0.6 is 0 Å². The van der Waals surface area contributed by atoms with E-state index in [0.29, 0.717) is 46.1 Å². The van der Waals surface area contributed by atoms with Crippen molar-refractivity contribution in [2.45, 2.75) is 59.3 Å². The summed E-state index contributed by atoms with van der Waals surface area (Å²) in [6.45, 7) is 10.6. The highest BCUT2D eigenvalue weighted by molar-refractivity contribution is 5.74. The minimum Gasteiger partial charge on any atom is -0.463 e. The fourth-order valence-corrected chi connectivity index (χ4v) is 2.22. The molecular weight excluding hydrogens is 392 g/mol. The number of carbonyl (C=O) groups excluding carboxylic acids is 2. The Morgan fingerprint density at radius 2 is 1.07 bits per heavy atom. The molecule has 0 heterocycles. The third-order valence-corrected chi connectivity index (χ3v) is 4.18. The largest absolute Gasteiger partial charge is 0.463 e. The highest BCUT2D eigenvalue weighted by Gasteiger charge is 2.16. The minimum atomic E-state index is -0.369. The zero-order valence-electron chi connectivity index (χ0n) is 19.2. The lowest BCUT2D eigenvalue weighted by Gasteiger charge is -2.12. The molecule has 30 heavy (non-hydrogen) atoms. The van der Waals surface area contributed by atoms with Gasteiger partial charge in [0, 0.05) is 19.6 Å². The Morgan fingerprint density at radius 1 is 0.633 bits per heavy atom. The van der Waals surface area contributed by atoms with Gasteiger partial charge in [0.05, 0.1) is 45.6 Å². The fraction of sp³-hybridized carbons (Fsp3) is 0.909. The molecule has 0 saturated heterocycles. The van der Waals surface area contributed by atoms with Crippen molar-refractivity contribution in [1.29, 1.82) is 0 Å². The van der Waals surface area contributed by atoms with Crippen LogP contribution in [-0.4, -0.2) is 78.0 Å². The number of unbranched alkanes of at least 4 members (excludes halogenated alkanes) is 2. The van der Waals surface area contributed by atoms with E-state index in [-0.39, 0.29) is 37.5 Å². The Balaban J connectivity index is 3.48. The molecule has 0 aromatic heterocycles. The molecule has 0 radical (unpaired) electrons. The van der Waals surface area contributed by atoms with E-state index in [1.807, 2.05) is 0 Å². The maximum Gasteiger partial charge on any atom is 0.308 e. The van der Waals surface area contributed by atoms with E-state index in [0.717, 1.165) is 38.9 Å². The maximum absolute atomic E-state index is 11.9. The van der Waals surface area contributed by atoms with E-state index >= 15 is 0 Å². The second kappa shape index (κ2) is 22.5. The smallest absolute Gasteiger partial charge is 0.308 e. The van der Waals surface area contributed by atoms with Gasteiger partial charge in [-0.1, -0.05) is 33.6 Å². The average Bonchev–Trinajstić information content (AvgIpc) is 2.75. The van der Waals surface area contributed by atoms with Crippen LogP contribution in [0, 0.1) is 5.92 Å². The second-order valence-electron chi connectivity index (χ2n) is 6.98. The predicted octanol–water partition coefficient (Wildman–Crippen LogP) is 3.16. The van der Waals surface area contributed by atoms with Gasteiger partial charge >= 0.3 is 11.9 Å². The van der Waals surface area contributed by atoms with E-state index < -0.39 is 0 Å². The summed E-state index contributed by atoms with van der Waals surface area (Å²) in [5.41, 5.74) is 0. The van der Waals surface area contributed by atoms with Crippen molar-refractivity contribution in [2.75, 3.05) is 66.1 Å². The van der Waals surface area contributed by atoms with Crippen molar-refractivity contribution >= 4 is 11.9 Å². The van der Waals surface area contributed by atoms with Gasteiger partial charge < -0.3 is 28.4 Å². The standard InChI is InChI=1S/C22H42O8/c1-4-6-10-25-12-14-27-16-18-29-21(23)9-8-20(3)22(24)30-19-17-28-15-13-26-11-7-5-2/h20H,4-19H2,1-3H3. The van der Waals surface area contributed by atoms with Gasteiger partial charge in [0.25, 0.3) is 0 Å². The van der Waals surface area contributed by atoms with Gasteiger partial charge in [-0.25, -0.2) is 0 Å². The molecule has 0 N–H and O–H groups in total. The minimum absolute atomic E-state index is 0.169. The van der Waals surface area contributed by atoms with Crippen LogP contribution < -0.4 is 0 Å². The van der Waals surface area contributed by atoms with Gasteiger partial charge in [-0.2, -0.15) is 0 Å². The van der Waals surface area contributed by atoms with Crippen LogP contribution in [0.2, 0.25) is 0 Å². The molecule has 0 aromatic carbocycles. The first-order chi connectivity index (χ1) is 14.6. The molecule has 0 fully saturated rings. The van der Waals surface area contributed by atoms with Crippen molar-refractivity contribution in [3.05, 3.63) is 0 Å². The van der Waals surface area contributed by atoms with Gasteiger partial charge in [-0.05, 0) is 19.3 Å². The number of carbonyl (C=O) groups is 2. The molecule has 0 aliphatic carbocycles. The molecule has 178 valence electrons. The highest BCUT2D eigenvalue weighted by atomic mass is 16.6. The molecule has 0 saturated carbocycles. The molecular formula is C22H42O8. The summed E-state index contributed by atoms with van der Waals surface area (Å²) in [4.78, 5) is 23.6. The van der Waals surface area contributed by atoms with E-state index in [1.165, 1.54) is 0 Å². The summed E-state index contributed by atoms with van der Waals surface area (Å²) in [5.74, 6) is -1.05. The predicted molar refractivity (Wildman–Crippen MR) is 113 cm³/mol. The van der Waals surface area contributed by atoms with Gasteiger partial charge in [0.15, 0.2) is 0 Å². The third kappa shape index (κ3) is 20.1. The molecule has 0 aromatic rings. The van der Waals surface area contributed by atoms with E-state index in [1.54, 1.807) is 6.92 Å². The van der Waals surface area contributed by atoms with E-state index in [4.69, 9.17) is 28.4 Å². The molecule has 0 aliphatic rings. The lowest BCUT2D eigenvalue weighted by molar-refractivity contribution is -0.151. The lowest BCUT2D eigenvalue weighted by atomic mass is 10.1. The van der Waals surface area contributed by atoms with Gasteiger partial charge in [-0.3, -0.25) is 9.59 Å². The van der Waals surface area contributed by atoms with Crippen LogP contribution in [0.3, 0.4) is 0 Å². The fourth-order valence-electron chi connectivity index (χ4n) is 2.22. The zero-order chi connectivity index (χ0) is 22.3. The lowest BCUT2D eigenvalue weighted by Crippen LogP contribution is -2.20. The normalized spacial score (nSPS) is 12.0. The Kier molecular flexibility index (Phi) is 21.6. The Labute approximate surface area is 181 Å². The van der Waals surface area contributed by atoms with Crippen molar-refractivity contribution in [1.82, 2.24) is 0 Å². The Hall–Kier alpha value is -1.22. The summed E-state index contributed by atoms with van der Waals surface area (Å²) in [6, 6.07) is 0. The second-order valence-corrected chi connectivity index (χ2v) is 6.98. The topological polar surface area (TPSA) is 89.5 Å².